The molecule has 1 rings (SSSR count). The molecule has 0 spiro atoms. The molecule has 0 aliphatic heterocycles. The third-order valence-electron chi connectivity index (χ3n) is 2.56. The number of nitrogens with one attached hydrogen (secondary N) is 1. The molecule has 1 atom stereocenters. The number of methoxy groups -OCH3 is 2. The summed E-state index contributed by atoms with van der Waals surface area (Å²) in [4.78, 5) is 0. The van der Waals surface area contributed by atoms with Crippen LogP contribution in [0, 0.1) is 0 Å². The van der Waals surface area contributed by atoms with Crippen molar-refractivity contribution in [2.45, 2.75) is 18.9 Å². The van der Waals surface area contributed by atoms with E-state index in [-0.39, 0.29) is 6.04 Å². The molecule has 0 bridgehead atoms. The predicted molar refractivity (Wildman–Crippen MR) is 64.2 cm³/mol. The number of hydrogen-bond acceptors (Lipinski definition) is 4. The van der Waals surface area contributed by atoms with Crippen LogP contribution >= 0.6 is 0 Å². The highest BCUT2D eigenvalue weighted by molar-refractivity contribution is 5.35. The molecule has 0 saturated heterocycles. The molecule has 3 N–H and O–H groups in total. The van der Waals surface area contributed by atoms with Crippen LogP contribution in [0.4, 0.5) is 0 Å². The molecule has 4 nitrogen and oxygen atoms in total. The standard InChI is InChI=1S/C12H20N2O2/c1-15-9-5-7-11(14-13)10-6-3-4-8-12(10)16-2/h3-4,6,8,11,14H,5,7,9,13H2,1-2H3. The third-order valence-corrected chi connectivity index (χ3v) is 2.56. The Bertz CT molecular complexity index is 305. The van der Waals surface area contributed by atoms with Crippen molar-refractivity contribution in [3.05, 3.63) is 29.8 Å². The Labute approximate surface area is 96.7 Å². The second-order valence-corrected chi connectivity index (χ2v) is 3.60. The van der Waals surface area contributed by atoms with Gasteiger partial charge in [-0.2, -0.15) is 0 Å². The van der Waals surface area contributed by atoms with Crippen LogP contribution in [0.25, 0.3) is 0 Å². The van der Waals surface area contributed by atoms with Crippen molar-refractivity contribution in [1.82, 2.24) is 5.43 Å². The molecule has 1 aromatic carbocycles. The van der Waals surface area contributed by atoms with E-state index in [1.54, 1.807) is 14.2 Å². The molecule has 0 fully saturated rings. The predicted octanol–water partition coefficient (Wildman–Crippen LogP) is 1.63. The fraction of sp³-hybridized carbons (Fsp3) is 0.500. The van der Waals surface area contributed by atoms with Crippen molar-refractivity contribution in [3.8, 4) is 5.75 Å². The van der Waals surface area contributed by atoms with Gasteiger partial charge >= 0.3 is 0 Å². The van der Waals surface area contributed by atoms with Gasteiger partial charge in [-0.25, -0.2) is 0 Å². The van der Waals surface area contributed by atoms with Gasteiger partial charge in [-0.1, -0.05) is 18.2 Å². The zero-order valence-corrected chi connectivity index (χ0v) is 9.90. The van der Waals surface area contributed by atoms with Gasteiger partial charge < -0.3 is 9.47 Å². The minimum Gasteiger partial charge on any atom is -0.496 e. The van der Waals surface area contributed by atoms with Crippen LogP contribution in [0.2, 0.25) is 0 Å². The van der Waals surface area contributed by atoms with Crippen LogP contribution in [0.15, 0.2) is 24.3 Å². The van der Waals surface area contributed by atoms with E-state index in [1.807, 2.05) is 24.3 Å². The van der Waals surface area contributed by atoms with Crippen molar-refractivity contribution in [2.24, 2.45) is 5.84 Å². The Hall–Kier alpha value is -1.10. The van der Waals surface area contributed by atoms with Gasteiger partial charge in [0.25, 0.3) is 0 Å². The summed E-state index contributed by atoms with van der Waals surface area (Å²) in [5.74, 6) is 6.43. The molecule has 1 aromatic rings. The molecular formula is C12H20N2O2. The first kappa shape index (κ1) is 13.0. The van der Waals surface area contributed by atoms with Crippen LogP contribution in [-0.2, 0) is 4.74 Å². The number of ether oxygens (including phenoxy) is 2. The van der Waals surface area contributed by atoms with Gasteiger partial charge in [0.05, 0.1) is 7.11 Å². The molecule has 0 aromatic heterocycles. The van der Waals surface area contributed by atoms with Gasteiger partial charge in [-0.3, -0.25) is 11.3 Å². The van der Waals surface area contributed by atoms with Crippen LogP contribution in [0.5, 0.6) is 5.75 Å². The number of benzene rings is 1. The van der Waals surface area contributed by atoms with Crippen molar-refractivity contribution in [1.29, 1.82) is 0 Å². The van der Waals surface area contributed by atoms with Crippen LogP contribution in [0.1, 0.15) is 24.4 Å². The lowest BCUT2D eigenvalue weighted by atomic mass is 10.0. The molecule has 16 heavy (non-hydrogen) atoms. The van der Waals surface area contributed by atoms with Gasteiger partial charge in [-0.15, -0.1) is 0 Å². The minimum absolute atomic E-state index is 0.103. The minimum atomic E-state index is 0.103. The lowest BCUT2D eigenvalue weighted by molar-refractivity contribution is 0.188. The van der Waals surface area contributed by atoms with Gasteiger partial charge in [0.15, 0.2) is 0 Å². The molecule has 0 aliphatic carbocycles. The second-order valence-electron chi connectivity index (χ2n) is 3.60. The average molecular weight is 224 g/mol. The summed E-state index contributed by atoms with van der Waals surface area (Å²) in [6.45, 7) is 0.743. The maximum absolute atomic E-state index is 5.56. The van der Waals surface area contributed by atoms with E-state index in [0.29, 0.717) is 0 Å². The number of para-hydroxylation sites is 1. The van der Waals surface area contributed by atoms with E-state index in [4.69, 9.17) is 15.3 Å². The van der Waals surface area contributed by atoms with Gasteiger partial charge in [0, 0.05) is 25.3 Å². The molecule has 0 radical (unpaired) electrons. The van der Waals surface area contributed by atoms with E-state index in [0.717, 1.165) is 30.8 Å². The summed E-state index contributed by atoms with van der Waals surface area (Å²) in [5.41, 5.74) is 3.90. The first-order valence-corrected chi connectivity index (χ1v) is 5.41. The van der Waals surface area contributed by atoms with E-state index in [9.17, 15) is 0 Å². The number of hydrogen-bond donors (Lipinski definition) is 2. The van der Waals surface area contributed by atoms with Gasteiger partial charge in [0.2, 0.25) is 0 Å². The lowest BCUT2D eigenvalue weighted by Crippen LogP contribution is -2.28. The Kier molecular flexibility index (Phi) is 5.85. The Morgan fingerprint density at radius 2 is 2.06 bits per heavy atom. The monoisotopic (exact) mass is 224 g/mol. The lowest BCUT2D eigenvalue weighted by Gasteiger charge is -2.18. The first-order valence-electron chi connectivity index (χ1n) is 5.41. The van der Waals surface area contributed by atoms with Crippen LogP contribution in [-0.4, -0.2) is 20.8 Å². The summed E-state index contributed by atoms with van der Waals surface area (Å²) < 4.78 is 10.3. The SMILES string of the molecule is COCCCC(NN)c1ccccc1OC. The maximum Gasteiger partial charge on any atom is 0.123 e. The Morgan fingerprint density at radius 1 is 1.31 bits per heavy atom. The fourth-order valence-electron chi connectivity index (χ4n) is 1.71. The van der Waals surface area contributed by atoms with E-state index in [2.05, 4.69) is 5.43 Å². The molecular weight excluding hydrogens is 204 g/mol. The molecule has 1 unspecified atom stereocenters. The van der Waals surface area contributed by atoms with Crippen molar-refractivity contribution >= 4 is 0 Å². The van der Waals surface area contributed by atoms with Gasteiger partial charge in [0.1, 0.15) is 5.75 Å². The Balaban J connectivity index is 2.69. The highest BCUT2D eigenvalue weighted by Gasteiger charge is 2.13. The molecule has 90 valence electrons. The molecule has 4 heteroatoms. The summed E-state index contributed by atoms with van der Waals surface area (Å²) in [7, 11) is 3.37. The van der Waals surface area contributed by atoms with Crippen molar-refractivity contribution in [3.63, 3.8) is 0 Å². The molecule has 0 amide bonds. The summed E-state index contributed by atoms with van der Waals surface area (Å²) in [6, 6.07) is 8.00. The quantitative estimate of drug-likeness (QED) is 0.420. The molecule has 0 saturated carbocycles. The fourth-order valence-corrected chi connectivity index (χ4v) is 1.71. The van der Waals surface area contributed by atoms with Crippen LogP contribution in [0.3, 0.4) is 0 Å². The van der Waals surface area contributed by atoms with Crippen LogP contribution < -0.4 is 16.0 Å². The maximum atomic E-state index is 5.56. The summed E-state index contributed by atoms with van der Waals surface area (Å²) in [5, 5.41) is 0. The smallest absolute Gasteiger partial charge is 0.123 e. The first-order chi connectivity index (χ1) is 7.83. The van der Waals surface area contributed by atoms with Crippen molar-refractivity contribution < 1.29 is 9.47 Å². The summed E-state index contributed by atoms with van der Waals surface area (Å²) >= 11 is 0. The molecule has 0 aliphatic rings. The second kappa shape index (κ2) is 7.22. The topological polar surface area (TPSA) is 56.5 Å². The van der Waals surface area contributed by atoms with E-state index >= 15 is 0 Å². The highest BCUT2D eigenvalue weighted by Crippen LogP contribution is 2.27. The number of hydrazine groups is 1. The summed E-state index contributed by atoms with van der Waals surface area (Å²) in [6.07, 6.45) is 1.88. The zero-order chi connectivity index (χ0) is 11.8. The largest absolute Gasteiger partial charge is 0.496 e. The highest BCUT2D eigenvalue weighted by atomic mass is 16.5. The molecule has 0 heterocycles. The normalized spacial score (nSPS) is 12.4. The Morgan fingerprint density at radius 3 is 2.69 bits per heavy atom. The number of nitrogens with two attached hydrogens (primary N) is 1. The number of rotatable bonds is 7. The van der Waals surface area contributed by atoms with E-state index < -0.39 is 0 Å². The zero-order valence-electron chi connectivity index (χ0n) is 9.90. The average Bonchev–Trinajstić information content (AvgIpc) is 2.35. The third kappa shape index (κ3) is 3.48. The van der Waals surface area contributed by atoms with Gasteiger partial charge in [-0.05, 0) is 18.9 Å². The van der Waals surface area contributed by atoms with E-state index in [1.165, 1.54) is 0 Å². The van der Waals surface area contributed by atoms with Crippen molar-refractivity contribution in [2.75, 3.05) is 20.8 Å².